The number of fused-ring (bicyclic) bond motifs is 2. The Balaban J connectivity index is 1.63. The summed E-state index contributed by atoms with van der Waals surface area (Å²) < 4.78 is 7.78. The molecule has 1 aromatic heterocycles. The number of benzene rings is 3. The van der Waals surface area contributed by atoms with E-state index in [-0.39, 0.29) is 0 Å². The van der Waals surface area contributed by atoms with Crippen LogP contribution in [-0.4, -0.2) is 27.7 Å². The van der Waals surface area contributed by atoms with Gasteiger partial charge in [-0.25, -0.2) is 4.98 Å². The molecule has 38 heavy (non-hydrogen) atoms. The highest BCUT2D eigenvalue weighted by atomic mass is 35.5. The van der Waals surface area contributed by atoms with Gasteiger partial charge in [0.15, 0.2) is 0 Å². The van der Waals surface area contributed by atoms with Crippen LogP contribution >= 0.6 is 11.6 Å². The molecule has 1 aliphatic heterocycles. The van der Waals surface area contributed by atoms with Crippen molar-refractivity contribution < 1.29 is 4.74 Å². The fourth-order valence-electron chi connectivity index (χ4n) is 5.18. The van der Waals surface area contributed by atoms with Crippen LogP contribution in [-0.2, 0) is 0 Å². The molecule has 1 N–H and O–H groups in total. The lowest BCUT2D eigenvalue weighted by atomic mass is 9.96. The fourth-order valence-corrected chi connectivity index (χ4v) is 5.30. The molecule has 1 fully saturated rings. The third kappa shape index (κ3) is 4.96. The molecule has 0 amide bonds. The van der Waals surface area contributed by atoms with Crippen molar-refractivity contribution in [2.45, 2.75) is 45.1 Å². The third-order valence-electron chi connectivity index (χ3n) is 7.17. The van der Waals surface area contributed by atoms with Crippen LogP contribution in [0, 0.1) is 6.92 Å². The van der Waals surface area contributed by atoms with Gasteiger partial charge in [0.25, 0.3) is 0 Å². The molecule has 0 radical (unpaired) electrons. The van der Waals surface area contributed by atoms with E-state index in [1.807, 2.05) is 67.7 Å². The number of rotatable bonds is 5. The van der Waals surface area contributed by atoms with Gasteiger partial charge in [0.05, 0.1) is 58.5 Å². The summed E-state index contributed by atoms with van der Waals surface area (Å²) in [5.41, 5.74) is 7.47. The van der Waals surface area contributed by atoms with Crippen molar-refractivity contribution in [3.63, 3.8) is 0 Å². The Hall–Kier alpha value is -3.90. The molecule has 1 saturated carbocycles. The molecule has 2 heterocycles. The Morgan fingerprint density at radius 3 is 2.53 bits per heavy atom. The largest absolute Gasteiger partial charge is 0.497 e. The van der Waals surface area contributed by atoms with E-state index in [1.165, 1.54) is 19.3 Å². The first-order chi connectivity index (χ1) is 18.6. The summed E-state index contributed by atoms with van der Waals surface area (Å²) in [5.74, 6) is 0.777. The molecule has 0 saturated heterocycles. The lowest BCUT2D eigenvalue weighted by molar-refractivity contribution is 0.415. The van der Waals surface area contributed by atoms with Crippen LogP contribution in [0.15, 0.2) is 77.9 Å². The highest BCUT2D eigenvalue weighted by Crippen LogP contribution is 2.32. The van der Waals surface area contributed by atoms with Gasteiger partial charge >= 0.3 is 0 Å². The van der Waals surface area contributed by atoms with E-state index < -0.39 is 0 Å². The Labute approximate surface area is 227 Å². The zero-order chi connectivity index (χ0) is 26.1. The second-order valence-electron chi connectivity index (χ2n) is 9.87. The smallest absolute Gasteiger partial charge is 0.121 e. The number of ether oxygens (including phenoxy) is 1. The average molecular weight is 524 g/mol. The number of methoxy groups -OCH3 is 1. The van der Waals surface area contributed by atoms with E-state index in [2.05, 4.69) is 27.0 Å². The predicted molar refractivity (Wildman–Crippen MR) is 154 cm³/mol. The van der Waals surface area contributed by atoms with Crippen LogP contribution < -0.4 is 15.4 Å². The summed E-state index contributed by atoms with van der Waals surface area (Å²) in [5, 5.41) is 5.19. The zero-order valence-electron chi connectivity index (χ0n) is 21.6. The first-order valence-corrected chi connectivity index (χ1v) is 13.5. The summed E-state index contributed by atoms with van der Waals surface area (Å²) in [6.45, 7) is 1.99. The summed E-state index contributed by atoms with van der Waals surface area (Å²) in [6.07, 6.45) is 7.84. The van der Waals surface area contributed by atoms with Gasteiger partial charge in [-0.3, -0.25) is 9.98 Å². The van der Waals surface area contributed by atoms with Crippen LogP contribution in [0.5, 0.6) is 5.75 Å². The van der Waals surface area contributed by atoms with Crippen molar-refractivity contribution in [2.75, 3.05) is 12.4 Å². The van der Waals surface area contributed by atoms with Gasteiger partial charge in [0.2, 0.25) is 0 Å². The number of anilines is 2. The minimum atomic E-state index is 0.315. The van der Waals surface area contributed by atoms with Gasteiger partial charge in [-0.05, 0) is 80.4 Å². The van der Waals surface area contributed by atoms with Crippen LogP contribution in [0.2, 0.25) is 5.02 Å². The molecule has 0 unspecified atom stereocenters. The predicted octanol–water partition coefficient (Wildman–Crippen LogP) is 7.47. The second-order valence-corrected chi connectivity index (χ2v) is 10.3. The number of aryl methyl sites for hydroxylation is 1. The number of hydrogen-bond acceptors (Lipinski definition) is 5. The van der Waals surface area contributed by atoms with Crippen molar-refractivity contribution in [1.29, 1.82) is 0 Å². The number of halogens is 1. The first kappa shape index (κ1) is 24.4. The topological polar surface area (TPSA) is 64.3 Å². The van der Waals surface area contributed by atoms with Gasteiger partial charge in [-0.15, -0.1) is 0 Å². The fraction of sp³-hybridized carbons (Fsp3) is 0.258. The lowest BCUT2D eigenvalue weighted by Crippen LogP contribution is -2.19. The van der Waals surface area contributed by atoms with Gasteiger partial charge in [0, 0.05) is 22.5 Å². The van der Waals surface area contributed by atoms with Crippen molar-refractivity contribution in [3.05, 3.63) is 89.0 Å². The van der Waals surface area contributed by atoms with Crippen LogP contribution in [0.1, 0.15) is 37.8 Å². The normalized spacial score (nSPS) is 14.8. The molecule has 7 heteroatoms. The number of aromatic nitrogens is 3. The van der Waals surface area contributed by atoms with E-state index in [4.69, 9.17) is 26.3 Å². The maximum absolute atomic E-state index is 6.25. The molecule has 2 aliphatic carbocycles. The monoisotopic (exact) mass is 523 g/mol. The van der Waals surface area contributed by atoms with E-state index in [0.29, 0.717) is 11.1 Å². The quantitative estimate of drug-likeness (QED) is 0.243. The second kappa shape index (κ2) is 10.5. The van der Waals surface area contributed by atoms with E-state index in [1.54, 1.807) is 7.11 Å². The first-order valence-electron chi connectivity index (χ1n) is 13.1. The van der Waals surface area contributed by atoms with Crippen LogP contribution in [0.25, 0.3) is 28.1 Å². The van der Waals surface area contributed by atoms with Crippen LogP contribution in [0.3, 0.4) is 0 Å². The molecule has 6 nitrogen and oxygen atoms in total. The molecular formula is C31H30ClN5O. The molecule has 0 bridgehead atoms. The van der Waals surface area contributed by atoms with Gasteiger partial charge in [0.1, 0.15) is 5.75 Å². The summed E-state index contributed by atoms with van der Waals surface area (Å²) >= 11 is 6.25. The molecular weight excluding hydrogens is 494 g/mol. The SMILES string of the molecule is COc1ccc2nc3cc(Nc4ccc(C)nc4)c(=NC4CCCCC4)cc-3n(-c3ccc(Cl)cc3)c2c1. The van der Waals surface area contributed by atoms with E-state index >= 15 is 0 Å². The molecule has 0 atom stereocenters. The number of pyridine rings is 1. The van der Waals surface area contributed by atoms with Gasteiger partial charge in [-0.2, -0.15) is 0 Å². The maximum atomic E-state index is 6.25. The Morgan fingerprint density at radius 1 is 0.974 bits per heavy atom. The van der Waals surface area contributed by atoms with Crippen molar-refractivity contribution in [3.8, 4) is 22.8 Å². The minimum Gasteiger partial charge on any atom is -0.497 e. The lowest BCUT2D eigenvalue weighted by Gasteiger charge is -2.22. The van der Waals surface area contributed by atoms with E-state index in [9.17, 15) is 0 Å². The Kier molecular flexibility index (Phi) is 6.73. The number of nitrogens with one attached hydrogen (secondary N) is 1. The Morgan fingerprint density at radius 2 is 1.79 bits per heavy atom. The Bertz CT molecular complexity index is 1620. The number of nitrogens with zero attached hydrogens (tertiary/aromatic N) is 4. The molecule has 6 rings (SSSR count). The van der Waals surface area contributed by atoms with Crippen molar-refractivity contribution in [1.82, 2.24) is 14.5 Å². The molecule has 3 aromatic rings. The standard InChI is InChI=1S/C31H30ClN5O/c1-20-8-11-23(19-33-20)35-27-17-29-31(18-28(27)34-22-6-4-3-5-7-22)37(24-12-9-21(32)10-13-24)30-16-25(38-2)14-15-26(30)36-29/h8-19,22,35H,3-7H2,1-2H3. The third-order valence-corrected chi connectivity index (χ3v) is 7.42. The number of hydrogen-bond donors (Lipinski definition) is 1. The molecule has 3 aliphatic rings. The minimum absolute atomic E-state index is 0.315. The van der Waals surface area contributed by atoms with Gasteiger partial charge < -0.3 is 14.6 Å². The van der Waals surface area contributed by atoms with E-state index in [0.717, 1.165) is 69.1 Å². The summed E-state index contributed by atoms with van der Waals surface area (Å²) in [6, 6.07) is 22.5. The highest BCUT2D eigenvalue weighted by molar-refractivity contribution is 6.30. The molecule has 0 spiro atoms. The summed E-state index contributed by atoms with van der Waals surface area (Å²) in [4.78, 5) is 14.8. The molecule has 192 valence electrons. The van der Waals surface area contributed by atoms with Crippen LogP contribution in [0.4, 0.5) is 11.4 Å². The maximum Gasteiger partial charge on any atom is 0.121 e. The molecule has 2 aromatic carbocycles. The van der Waals surface area contributed by atoms with Crippen molar-refractivity contribution in [2.24, 2.45) is 4.99 Å². The van der Waals surface area contributed by atoms with Crippen molar-refractivity contribution >= 4 is 34.0 Å². The average Bonchev–Trinajstić information content (AvgIpc) is 2.94. The zero-order valence-corrected chi connectivity index (χ0v) is 22.4. The summed E-state index contributed by atoms with van der Waals surface area (Å²) in [7, 11) is 1.68. The highest BCUT2D eigenvalue weighted by Gasteiger charge is 2.19. The van der Waals surface area contributed by atoms with Gasteiger partial charge in [-0.1, -0.05) is 30.9 Å².